The summed E-state index contributed by atoms with van der Waals surface area (Å²) in [7, 11) is 0. The van der Waals surface area contributed by atoms with Crippen molar-refractivity contribution in [1.29, 1.82) is 0 Å². The molecule has 0 spiro atoms. The van der Waals surface area contributed by atoms with E-state index in [1.165, 1.54) is 18.2 Å². The number of carbonyl (C=O) groups is 2. The maximum Gasteiger partial charge on any atom is 0.318 e. The molecule has 0 aromatic heterocycles. The van der Waals surface area contributed by atoms with E-state index in [4.69, 9.17) is 4.74 Å². The second-order valence-electron chi connectivity index (χ2n) is 5.19. The van der Waals surface area contributed by atoms with Gasteiger partial charge >= 0.3 is 5.69 Å². The van der Waals surface area contributed by atoms with E-state index >= 15 is 0 Å². The van der Waals surface area contributed by atoms with E-state index in [1.54, 1.807) is 12.1 Å². The number of amides is 2. The molecule has 1 aliphatic heterocycles. The van der Waals surface area contributed by atoms with Gasteiger partial charge in [0.05, 0.1) is 20.8 Å². The third-order valence-corrected chi connectivity index (χ3v) is 4.21. The maximum atomic E-state index is 11.5. The Kier molecular flexibility index (Phi) is 4.86. The van der Waals surface area contributed by atoms with Crippen LogP contribution in [-0.4, -0.2) is 21.0 Å². The highest BCUT2D eigenvalue weighted by molar-refractivity contribution is 8.18. The summed E-state index contributed by atoms with van der Waals surface area (Å²) >= 11 is 0.784. The number of thioether (sulfide) groups is 1. The van der Waals surface area contributed by atoms with Crippen molar-refractivity contribution in [2.75, 3.05) is 0 Å². The highest BCUT2D eigenvalue weighted by Crippen LogP contribution is 2.34. The number of hydrogen-bond acceptors (Lipinski definition) is 8. The molecule has 1 N–H and O–H groups in total. The smallest absolute Gasteiger partial charge is 0.318 e. The number of ether oxygens (including phenoxy) is 1. The van der Waals surface area contributed by atoms with Gasteiger partial charge in [0.1, 0.15) is 5.75 Å². The molecule has 2 aromatic rings. The molecular formula is C16H9N3O7S. The molecule has 11 heteroatoms. The van der Waals surface area contributed by atoms with Crippen LogP contribution in [0.2, 0.25) is 0 Å². The monoisotopic (exact) mass is 387 g/mol. The Labute approximate surface area is 155 Å². The van der Waals surface area contributed by atoms with Crippen molar-refractivity contribution in [2.24, 2.45) is 0 Å². The first-order valence-electron chi connectivity index (χ1n) is 7.29. The SMILES string of the molecule is O=C1NC(=O)/C(=C/c2ccc(Oc3ccc([N+](=O)[O-])cc3[N+](=O)[O-])cc2)S1. The van der Waals surface area contributed by atoms with E-state index in [2.05, 4.69) is 5.32 Å². The maximum absolute atomic E-state index is 11.5. The quantitative estimate of drug-likeness (QED) is 0.466. The zero-order valence-electron chi connectivity index (χ0n) is 13.3. The number of non-ortho nitro benzene ring substituents is 1. The summed E-state index contributed by atoms with van der Waals surface area (Å²) in [5, 5.41) is 23.6. The number of hydrogen-bond donors (Lipinski definition) is 1. The average Bonchev–Trinajstić information content (AvgIpc) is 2.93. The molecule has 0 atom stereocenters. The van der Waals surface area contributed by atoms with Crippen molar-refractivity contribution in [2.45, 2.75) is 0 Å². The van der Waals surface area contributed by atoms with Crippen molar-refractivity contribution >= 4 is 40.4 Å². The third kappa shape index (κ3) is 4.10. The van der Waals surface area contributed by atoms with Gasteiger partial charge in [-0.3, -0.25) is 35.1 Å². The van der Waals surface area contributed by atoms with Crippen LogP contribution < -0.4 is 10.1 Å². The van der Waals surface area contributed by atoms with E-state index in [0.717, 1.165) is 30.0 Å². The van der Waals surface area contributed by atoms with Gasteiger partial charge in [-0.1, -0.05) is 12.1 Å². The van der Waals surface area contributed by atoms with Crippen LogP contribution in [0.25, 0.3) is 6.08 Å². The zero-order valence-corrected chi connectivity index (χ0v) is 14.1. The number of carbonyl (C=O) groups excluding carboxylic acids is 2. The van der Waals surface area contributed by atoms with Crippen LogP contribution in [0.5, 0.6) is 11.5 Å². The molecule has 136 valence electrons. The largest absolute Gasteiger partial charge is 0.450 e. The lowest BCUT2D eigenvalue weighted by molar-refractivity contribution is -0.394. The van der Waals surface area contributed by atoms with Gasteiger partial charge < -0.3 is 4.74 Å². The van der Waals surface area contributed by atoms with Crippen LogP contribution in [0, 0.1) is 20.2 Å². The van der Waals surface area contributed by atoms with Crippen LogP contribution in [0.3, 0.4) is 0 Å². The van der Waals surface area contributed by atoms with Gasteiger partial charge in [0, 0.05) is 6.07 Å². The summed E-state index contributed by atoms with van der Waals surface area (Å²) in [6.45, 7) is 0. The molecular weight excluding hydrogens is 378 g/mol. The molecule has 0 aliphatic carbocycles. The first-order chi connectivity index (χ1) is 12.8. The van der Waals surface area contributed by atoms with E-state index in [1.807, 2.05) is 0 Å². The van der Waals surface area contributed by atoms with E-state index in [-0.39, 0.29) is 16.4 Å². The molecule has 27 heavy (non-hydrogen) atoms. The van der Waals surface area contributed by atoms with E-state index in [0.29, 0.717) is 5.56 Å². The van der Waals surface area contributed by atoms with Gasteiger partial charge in [-0.05, 0) is 41.6 Å². The Bertz CT molecular complexity index is 1000. The Morgan fingerprint density at radius 3 is 2.26 bits per heavy atom. The lowest BCUT2D eigenvalue weighted by atomic mass is 10.2. The van der Waals surface area contributed by atoms with Crippen molar-refractivity contribution in [3.63, 3.8) is 0 Å². The van der Waals surface area contributed by atoms with Gasteiger partial charge in [-0.15, -0.1) is 0 Å². The van der Waals surface area contributed by atoms with Crippen LogP contribution in [0.1, 0.15) is 5.56 Å². The van der Waals surface area contributed by atoms with E-state index in [9.17, 15) is 29.8 Å². The number of nitrogens with one attached hydrogen (secondary N) is 1. The molecule has 2 amide bonds. The minimum Gasteiger partial charge on any atom is -0.450 e. The number of nitrogens with zero attached hydrogens (tertiary/aromatic N) is 2. The van der Waals surface area contributed by atoms with Crippen molar-refractivity contribution in [1.82, 2.24) is 5.32 Å². The van der Waals surface area contributed by atoms with Crippen molar-refractivity contribution in [3.8, 4) is 11.5 Å². The number of nitro groups is 2. The normalized spacial score (nSPS) is 14.9. The summed E-state index contributed by atoms with van der Waals surface area (Å²) < 4.78 is 5.45. The summed E-state index contributed by atoms with van der Waals surface area (Å²) in [4.78, 5) is 43.3. The van der Waals surface area contributed by atoms with Gasteiger partial charge in [-0.2, -0.15) is 0 Å². The van der Waals surface area contributed by atoms with Crippen molar-refractivity contribution in [3.05, 3.63) is 73.2 Å². The van der Waals surface area contributed by atoms with Crippen LogP contribution >= 0.6 is 11.8 Å². The Balaban J connectivity index is 1.82. The fourth-order valence-corrected chi connectivity index (χ4v) is 2.86. The minimum absolute atomic E-state index is 0.145. The molecule has 0 unspecified atom stereocenters. The van der Waals surface area contributed by atoms with Crippen LogP contribution in [0.4, 0.5) is 16.2 Å². The van der Waals surface area contributed by atoms with Crippen molar-refractivity contribution < 1.29 is 24.2 Å². The predicted molar refractivity (Wildman–Crippen MR) is 95.4 cm³/mol. The van der Waals surface area contributed by atoms with Gasteiger partial charge in [0.15, 0.2) is 0 Å². The molecule has 1 heterocycles. The van der Waals surface area contributed by atoms with Crippen LogP contribution in [0.15, 0.2) is 47.4 Å². The average molecular weight is 387 g/mol. The summed E-state index contributed by atoms with van der Waals surface area (Å²) in [6.07, 6.45) is 1.52. The highest BCUT2D eigenvalue weighted by atomic mass is 32.2. The topological polar surface area (TPSA) is 142 Å². The second kappa shape index (κ2) is 7.25. The van der Waals surface area contributed by atoms with Crippen LogP contribution in [-0.2, 0) is 4.79 Å². The van der Waals surface area contributed by atoms with Gasteiger partial charge in [0.25, 0.3) is 16.8 Å². The van der Waals surface area contributed by atoms with Gasteiger partial charge in [-0.25, -0.2) is 0 Å². The molecule has 0 bridgehead atoms. The van der Waals surface area contributed by atoms with Gasteiger partial charge in [0.2, 0.25) is 5.75 Å². The number of nitro benzene ring substituents is 2. The lowest BCUT2D eigenvalue weighted by Crippen LogP contribution is -2.17. The minimum atomic E-state index is -0.770. The number of rotatable bonds is 5. The molecule has 1 fully saturated rings. The zero-order chi connectivity index (χ0) is 19.6. The number of imide groups is 1. The Morgan fingerprint density at radius 1 is 1.00 bits per heavy atom. The first-order valence-corrected chi connectivity index (χ1v) is 8.11. The molecule has 1 aliphatic rings. The van der Waals surface area contributed by atoms with E-state index < -0.39 is 32.4 Å². The Morgan fingerprint density at radius 2 is 1.70 bits per heavy atom. The standard InChI is InChI=1S/C16H9N3O7S/c20-15-14(27-16(21)17-15)7-9-1-4-11(5-2-9)26-13-6-3-10(18(22)23)8-12(13)19(24)25/h1-8H,(H,17,20,21)/b14-7-. The molecule has 10 nitrogen and oxygen atoms in total. The fourth-order valence-electron chi connectivity index (χ4n) is 2.18. The first kappa shape index (κ1) is 18.1. The second-order valence-corrected chi connectivity index (χ2v) is 6.20. The summed E-state index contributed by atoms with van der Waals surface area (Å²) in [6, 6.07) is 9.28. The lowest BCUT2D eigenvalue weighted by Gasteiger charge is -2.06. The molecule has 1 saturated heterocycles. The molecule has 0 radical (unpaired) electrons. The predicted octanol–water partition coefficient (Wildman–Crippen LogP) is 3.62. The Hall–Kier alpha value is -3.73. The summed E-state index contributed by atoms with van der Waals surface area (Å²) in [5.74, 6) is -0.367. The highest BCUT2D eigenvalue weighted by Gasteiger charge is 2.25. The third-order valence-electron chi connectivity index (χ3n) is 3.40. The summed E-state index contributed by atoms with van der Waals surface area (Å²) in [5.41, 5.74) is -0.334. The molecule has 0 saturated carbocycles. The number of benzene rings is 2. The fraction of sp³-hybridized carbons (Fsp3) is 0. The molecule has 2 aromatic carbocycles. The molecule has 3 rings (SSSR count).